The van der Waals surface area contributed by atoms with Crippen molar-refractivity contribution in [1.29, 1.82) is 0 Å². The maximum Gasteiger partial charge on any atom is 0.1000 e. The second kappa shape index (κ2) is 3.69. The van der Waals surface area contributed by atoms with Crippen LogP contribution in [-0.2, 0) is 12.0 Å². The van der Waals surface area contributed by atoms with Crippen LogP contribution in [0.5, 0.6) is 0 Å². The van der Waals surface area contributed by atoms with E-state index >= 15 is 0 Å². The second-order valence-electron chi connectivity index (χ2n) is 4.88. The fraction of sp³-hybridized carbons (Fsp3) is 0.800. The third kappa shape index (κ3) is 1.95. The molecule has 0 amide bonds. The standard InChI is InChI=1S/C10H20N4/c1-7(2)14-9(10(3,4)5)8(6-11)12-13-14/h7H,6,11H2,1-5H3. The normalized spacial score (nSPS) is 12.5. The predicted octanol–water partition coefficient (Wildman–Crippen LogP) is 1.62. The lowest BCUT2D eigenvalue weighted by atomic mass is 9.90. The van der Waals surface area contributed by atoms with Gasteiger partial charge < -0.3 is 5.73 Å². The zero-order valence-electron chi connectivity index (χ0n) is 9.70. The number of aromatic nitrogens is 3. The molecule has 0 spiro atoms. The average Bonchev–Trinajstić information content (AvgIpc) is 2.45. The zero-order chi connectivity index (χ0) is 10.9. The summed E-state index contributed by atoms with van der Waals surface area (Å²) in [6, 6.07) is 0.331. The van der Waals surface area contributed by atoms with Gasteiger partial charge in [0.25, 0.3) is 0 Å². The summed E-state index contributed by atoms with van der Waals surface area (Å²) in [5.41, 5.74) is 7.75. The second-order valence-corrected chi connectivity index (χ2v) is 4.88. The first-order valence-electron chi connectivity index (χ1n) is 5.02. The molecule has 14 heavy (non-hydrogen) atoms. The molecule has 0 aliphatic heterocycles. The van der Waals surface area contributed by atoms with Crippen molar-refractivity contribution in [1.82, 2.24) is 15.0 Å². The summed E-state index contributed by atoms with van der Waals surface area (Å²) in [4.78, 5) is 0. The van der Waals surface area contributed by atoms with E-state index in [1.54, 1.807) is 0 Å². The van der Waals surface area contributed by atoms with Gasteiger partial charge in [-0.15, -0.1) is 5.10 Å². The van der Waals surface area contributed by atoms with Crippen molar-refractivity contribution in [2.24, 2.45) is 5.73 Å². The minimum Gasteiger partial charge on any atom is -0.325 e. The number of rotatable bonds is 2. The van der Waals surface area contributed by atoms with E-state index in [2.05, 4.69) is 44.9 Å². The van der Waals surface area contributed by atoms with Gasteiger partial charge >= 0.3 is 0 Å². The smallest absolute Gasteiger partial charge is 0.1000 e. The molecule has 0 bridgehead atoms. The van der Waals surface area contributed by atoms with E-state index in [4.69, 9.17) is 5.73 Å². The molecule has 1 heterocycles. The summed E-state index contributed by atoms with van der Waals surface area (Å²) in [5, 5.41) is 8.25. The van der Waals surface area contributed by atoms with Gasteiger partial charge in [-0.05, 0) is 13.8 Å². The van der Waals surface area contributed by atoms with Crippen LogP contribution in [0.2, 0.25) is 0 Å². The van der Waals surface area contributed by atoms with Gasteiger partial charge in [-0.25, -0.2) is 4.68 Å². The van der Waals surface area contributed by atoms with Crippen LogP contribution in [0.15, 0.2) is 0 Å². The van der Waals surface area contributed by atoms with Gasteiger partial charge in [-0.1, -0.05) is 26.0 Å². The Bertz CT molecular complexity index is 306. The molecular weight excluding hydrogens is 176 g/mol. The van der Waals surface area contributed by atoms with Gasteiger partial charge in [0.05, 0.1) is 11.4 Å². The molecule has 2 N–H and O–H groups in total. The monoisotopic (exact) mass is 196 g/mol. The van der Waals surface area contributed by atoms with Crippen LogP contribution in [0.3, 0.4) is 0 Å². The Hall–Kier alpha value is -0.900. The Balaban J connectivity index is 3.27. The number of nitrogens with zero attached hydrogens (tertiary/aromatic N) is 3. The molecule has 1 aromatic rings. The maximum atomic E-state index is 5.64. The quantitative estimate of drug-likeness (QED) is 0.782. The van der Waals surface area contributed by atoms with Crippen LogP contribution < -0.4 is 5.73 Å². The first-order valence-corrected chi connectivity index (χ1v) is 5.02. The van der Waals surface area contributed by atoms with Crippen LogP contribution in [0.1, 0.15) is 52.0 Å². The lowest BCUT2D eigenvalue weighted by Crippen LogP contribution is -2.22. The fourth-order valence-electron chi connectivity index (χ4n) is 1.60. The first kappa shape index (κ1) is 11.2. The van der Waals surface area contributed by atoms with Crippen LogP contribution >= 0.6 is 0 Å². The molecule has 0 radical (unpaired) electrons. The summed E-state index contributed by atoms with van der Waals surface area (Å²) in [6.07, 6.45) is 0. The Morgan fingerprint density at radius 2 is 1.93 bits per heavy atom. The van der Waals surface area contributed by atoms with Gasteiger partial charge in [0.2, 0.25) is 0 Å². The van der Waals surface area contributed by atoms with E-state index in [0.717, 1.165) is 11.4 Å². The fourth-order valence-corrected chi connectivity index (χ4v) is 1.60. The molecule has 4 heteroatoms. The van der Waals surface area contributed by atoms with Crippen molar-refractivity contribution in [2.75, 3.05) is 0 Å². The third-order valence-electron chi connectivity index (χ3n) is 2.16. The molecule has 1 aromatic heterocycles. The molecule has 80 valence electrons. The van der Waals surface area contributed by atoms with Crippen molar-refractivity contribution < 1.29 is 0 Å². The van der Waals surface area contributed by atoms with Gasteiger partial charge in [-0.2, -0.15) is 0 Å². The van der Waals surface area contributed by atoms with E-state index in [9.17, 15) is 0 Å². The summed E-state index contributed by atoms with van der Waals surface area (Å²) in [6.45, 7) is 11.1. The van der Waals surface area contributed by atoms with Gasteiger partial charge in [0.15, 0.2) is 0 Å². The summed E-state index contributed by atoms with van der Waals surface area (Å²) in [7, 11) is 0. The van der Waals surface area contributed by atoms with E-state index < -0.39 is 0 Å². The van der Waals surface area contributed by atoms with Crippen molar-refractivity contribution >= 4 is 0 Å². The molecule has 0 aromatic carbocycles. The summed E-state index contributed by atoms with van der Waals surface area (Å²) < 4.78 is 1.96. The lowest BCUT2D eigenvalue weighted by molar-refractivity contribution is 0.438. The minimum absolute atomic E-state index is 0.0441. The van der Waals surface area contributed by atoms with Gasteiger partial charge in [-0.3, -0.25) is 0 Å². The van der Waals surface area contributed by atoms with Crippen molar-refractivity contribution in [3.8, 4) is 0 Å². The third-order valence-corrected chi connectivity index (χ3v) is 2.16. The molecule has 1 rings (SSSR count). The molecule has 0 aliphatic rings. The highest BCUT2D eigenvalue weighted by molar-refractivity contribution is 5.19. The Kier molecular flexibility index (Phi) is 2.95. The number of hydrogen-bond donors (Lipinski definition) is 1. The first-order chi connectivity index (χ1) is 6.38. The Labute approximate surface area is 85.5 Å². The van der Waals surface area contributed by atoms with Crippen molar-refractivity contribution in [3.05, 3.63) is 11.4 Å². The van der Waals surface area contributed by atoms with E-state index in [-0.39, 0.29) is 5.41 Å². The van der Waals surface area contributed by atoms with Crippen molar-refractivity contribution in [3.63, 3.8) is 0 Å². The molecule has 0 saturated carbocycles. The summed E-state index contributed by atoms with van der Waals surface area (Å²) >= 11 is 0. The highest BCUT2D eigenvalue weighted by Gasteiger charge is 2.25. The molecule has 4 nitrogen and oxygen atoms in total. The molecule has 0 unspecified atom stereocenters. The topological polar surface area (TPSA) is 56.7 Å². The van der Waals surface area contributed by atoms with Crippen LogP contribution in [-0.4, -0.2) is 15.0 Å². The SMILES string of the molecule is CC(C)n1nnc(CN)c1C(C)(C)C. The maximum absolute atomic E-state index is 5.64. The van der Waals surface area contributed by atoms with Gasteiger partial charge in [0.1, 0.15) is 0 Å². The van der Waals surface area contributed by atoms with Crippen LogP contribution in [0, 0.1) is 0 Å². The zero-order valence-corrected chi connectivity index (χ0v) is 9.70. The lowest BCUT2D eigenvalue weighted by Gasteiger charge is -2.22. The Morgan fingerprint density at radius 3 is 2.29 bits per heavy atom. The van der Waals surface area contributed by atoms with Gasteiger partial charge in [0, 0.05) is 18.0 Å². The largest absolute Gasteiger partial charge is 0.325 e. The van der Waals surface area contributed by atoms with E-state index in [1.807, 2.05) is 4.68 Å². The molecule has 0 atom stereocenters. The molecule has 0 saturated heterocycles. The van der Waals surface area contributed by atoms with Crippen LogP contribution in [0.25, 0.3) is 0 Å². The van der Waals surface area contributed by atoms with E-state index in [0.29, 0.717) is 12.6 Å². The molecule has 0 aliphatic carbocycles. The van der Waals surface area contributed by atoms with Crippen molar-refractivity contribution in [2.45, 2.75) is 52.6 Å². The van der Waals surface area contributed by atoms with E-state index in [1.165, 1.54) is 0 Å². The minimum atomic E-state index is 0.0441. The van der Waals surface area contributed by atoms with Crippen LogP contribution in [0.4, 0.5) is 0 Å². The Morgan fingerprint density at radius 1 is 1.36 bits per heavy atom. The summed E-state index contributed by atoms with van der Waals surface area (Å²) in [5.74, 6) is 0. The number of nitrogens with two attached hydrogens (primary N) is 1. The molecule has 0 fully saturated rings. The highest BCUT2D eigenvalue weighted by atomic mass is 15.4. The molecular formula is C10H20N4. The number of hydrogen-bond acceptors (Lipinski definition) is 3. The average molecular weight is 196 g/mol. The highest BCUT2D eigenvalue weighted by Crippen LogP contribution is 2.26. The predicted molar refractivity (Wildman–Crippen MR) is 57.0 cm³/mol.